The van der Waals surface area contributed by atoms with Gasteiger partial charge in [0.05, 0.1) is 23.7 Å². The molecule has 0 radical (unpaired) electrons. The number of Topliss-reactive ketones (excluding diaryl/α,β-unsaturated/α-hetero) is 1. The largest absolute Gasteiger partial charge is 0.500 e. The van der Waals surface area contributed by atoms with Crippen molar-refractivity contribution in [2.75, 3.05) is 13.2 Å². The number of rotatable bonds is 9. The molecule has 1 aliphatic carbocycles. The summed E-state index contributed by atoms with van der Waals surface area (Å²) in [5, 5.41) is 27.7. The Labute approximate surface area is 241 Å². The van der Waals surface area contributed by atoms with Crippen molar-refractivity contribution < 1.29 is 29.1 Å². The maximum Gasteiger partial charge on any atom is 0.336 e. The monoisotopic (exact) mass is 574 g/mol. The highest BCUT2D eigenvalue weighted by molar-refractivity contribution is 7.10. The Hall–Kier alpha value is -4.44. The number of carbonyl (C=O) groups excluding carboxylic acids is 2. The summed E-state index contributed by atoms with van der Waals surface area (Å²) in [7, 11) is 0. The van der Waals surface area contributed by atoms with Crippen LogP contribution in [-0.2, 0) is 20.7 Å². The maximum absolute atomic E-state index is 13.8. The lowest BCUT2D eigenvalue weighted by molar-refractivity contribution is -0.386. The molecule has 1 aliphatic heterocycles. The summed E-state index contributed by atoms with van der Waals surface area (Å²) in [6.07, 6.45) is 1.29. The molecule has 5 rings (SSSR count). The molecule has 1 aromatic heterocycles. The van der Waals surface area contributed by atoms with E-state index in [1.165, 1.54) is 12.1 Å². The van der Waals surface area contributed by atoms with Crippen LogP contribution in [0, 0.1) is 10.1 Å². The molecule has 0 unspecified atom stereocenters. The molecule has 0 saturated heterocycles. The Balaban J connectivity index is 1.57. The second kappa shape index (κ2) is 12.0. The second-order valence-electron chi connectivity index (χ2n) is 9.98. The minimum atomic E-state index is -0.939. The topological polar surface area (TPSA) is 128 Å². The van der Waals surface area contributed by atoms with E-state index in [1.54, 1.807) is 25.2 Å². The van der Waals surface area contributed by atoms with E-state index in [9.17, 15) is 24.8 Å². The van der Waals surface area contributed by atoms with Crippen molar-refractivity contribution in [2.24, 2.45) is 0 Å². The smallest absolute Gasteiger partial charge is 0.336 e. The van der Waals surface area contributed by atoms with E-state index in [-0.39, 0.29) is 42.7 Å². The Morgan fingerprint density at radius 2 is 1.95 bits per heavy atom. The average Bonchev–Trinajstić information content (AvgIpc) is 3.49. The molecule has 2 aliphatic rings. The van der Waals surface area contributed by atoms with Crippen molar-refractivity contribution in [3.63, 3.8) is 0 Å². The molecule has 0 fully saturated rings. The third-order valence-electron chi connectivity index (χ3n) is 7.37. The van der Waals surface area contributed by atoms with Gasteiger partial charge in [-0.25, -0.2) is 4.79 Å². The number of nitro groups is 1. The van der Waals surface area contributed by atoms with Crippen LogP contribution in [0.25, 0.3) is 0 Å². The van der Waals surface area contributed by atoms with Gasteiger partial charge < -0.3 is 19.9 Å². The average molecular weight is 575 g/mol. The van der Waals surface area contributed by atoms with E-state index in [0.29, 0.717) is 35.4 Å². The first-order valence-electron chi connectivity index (χ1n) is 13.4. The number of thiophene rings is 1. The second-order valence-corrected chi connectivity index (χ2v) is 11.0. The lowest BCUT2D eigenvalue weighted by atomic mass is 9.72. The van der Waals surface area contributed by atoms with Gasteiger partial charge in [-0.1, -0.05) is 36.4 Å². The number of phenolic OH excluding ortho intramolecular Hbond substituents is 1. The lowest BCUT2D eigenvalue weighted by Crippen LogP contribution is -2.36. The van der Waals surface area contributed by atoms with Crippen LogP contribution in [0.4, 0.5) is 5.69 Å². The van der Waals surface area contributed by atoms with Gasteiger partial charge in [-0.2, -0.15) is 0 Å². The number of nitro benzene ring substituents is 1. The van der Waals surface area contributed by atoms with Crippen LogP contribution < -0.4 is 10.1 Å². The number of dihydropyridines is 1. The zero-order chi connectivity index (χ0) is 29.1. The fourth-order valence-electron chi connectivity index (χ4n) is 5.54. The van der Waals surface area contributed by atoms with Crippen molar-refractivity contribution in [2.45, 2.75) is 44.9 Å². The number of allylic oxidation sites excluding steroid dienone is 3. The summed E-state index contributed by atoms with van der Waals surface area (Å²) in [6.45, 7) is 3.70. The van der Waals surface area contributed by atoms with E-state index < -0.39 is 28.2 Å². The molecule has 9 nitrogen and oxygen atoms in total. The van der Waals surface area contributed by atoms with Gasteiger partial charge in [-0.3, -0.25) is 14.9 Å². The first kappa shape index (κ1) is 28.1. The van der Waals surface area contributed by atoms with Gasteiger partial charge >= 0.3 is 11.7 Å². The molecule has 0 amide bonds. The molecule has 212 valence electrons. The van der Waals surface area contributed by atoms with Crippen LogP contribution >= 0.6 is 11.3 Å². The van der Waals surface area contributed by atoms with E-state index >= 15 is 0 Å². The normalized spacial score (nSPS) is 18.5. The number of hydrogen-bond acceptors (Lipinski definition) is 9. The van der Waals surface area contributed by atoms with Crippen LogP contribution in [-0.4, -0.2) is 35.0 Å². The van der Waals surface area contributed by atoms with Gasteiger partial charge in [0, 0.05) is 52.6 Å². The number of hydrogen-bond donors (Lipinski definition) is 2. The van der Waals surface area contributed by atoms with Crippen LogP contribution in [0.5, 0.6) is 11.5 Å². The van der Waals surface area contributed by atoms with Crippen molar-refractivity contribution in [3.05, 3.63) is 109 Å². The van der Waals surface area contributed by atoms with Crippen molar-refractivity contribution >= 4 is 28.8 Å². The summed E-state index contributed by atoms with van der Waals surface area (Å²) in [4.78, 5) is 39.7. The summed E-state index contributed by atoms with van der Waals surface area (Å²) in [5.41, 5.74) is 2.49. The molecule has 2 heterocycles. The van der Waals surface area contributed by atoms with E-state index in [2.05, 4.69) is 5.32 Å². The number of benzene rings is 2. The standard InChI is InChI=1S/C31H30N2O7S/c1-3-39-25-17-21(15-23(30(25)35)33(37)38)28-27(31(36)40-12-11-19-8-5-4-6-9-19)18(2)32-22-14-20(16-24(34)29(22)28)26-10-7-13-41-26/h4-10,13,15,17,20,28,32,35H,3,11-12,14,16H2,1-2H3/t20-,28+/m0/s1. The molecule has 41 heavy (non-hydrogen) atoms. The highest BCUT2D eigenvalue weighted by atomic mass is 32.1. The fourth-order valence-corrected chi connectivity index (χ4v) is 6.37. The number of carbonyl (C=O) groups is 2. The van der Waals surface area contributed by atoms with E-state index in [0.717, 1.165) is 10.4 Å². The quantitative estimate of drug-likeness (QED) is 0.183. The van der Waals surface area contributed by atoms with Crippen LogP contribution in [0.2, 0.25) is 0 Å². The fraction of sp³-hybridized carbons (Fsp3) is 0.290. The van der Waals surface area contributed by atoms with E-state index in [1.807, 2.05) is 47.8 Å². The van der Waals surface area contributed by atoms with Gasteiger partial charge in [-0.05, 0) is 48.9 Å². The van der Waals surface area contributed by atoms with Crippen LogP contribution in [0.15, 0.2) is 82.5 Å². The number of nitrogens with zero attached hydrogens (tertiary/aromatic N) is 1. The van der Waals surface area contributed by atoms with Gasteiger partial charge in [0.25, 0.3) is 0 Å². The van der Waals surface area contributed by atoms with Crippen molar-refractivity contribution in [3.8, 4) is 11.5 Å². The molecule has 10 heteroatoms. The number of phenols is 1. The third kappa shape index (κ3) is 5.74. The highest BCUT2D eigenvalue weighted by Crippen LogP contribution is 2.49. The molecule has 3 aromatic rings. The predicted octanol–water partition coefficient (Wildman–Crippen LogP) is 5.91. The first-order valence-corrected chi connectivity index (χ1v) is 14.3. The van der Waals surface area contributed by atoms with E-state index in [4.69, 9.17) is 9.47 Å². The SMILES string of the molecule is CCOc1cc([C@@H]2C(C(=O)OCCc3ccccc3)=C(C)NC3=C2C(=O)C[C@@H](c2cccs2)C3)cc([N+](=O)[O-])c1O. The van der Waals surface area contributed by atoms with Crippen molar-refractivity contribution in [1.29, 1.82) is 0 Å². The van der Waals surface area contributed by atoms with Gasteiger partial charge in [0.1, 0.15) is 0 Å². The number of esters is 1. The molecular weight excluding hydrogens is 544 g/mol. The minimum absolute atomic E-state index is 0.0188. The zero-order valence-corrected chi connectivity index (χ0v) is 23.5. The van der Waals surface area contributed by atoms with Crippen molar-refractivity contribution in [1.82, 2.24) is 5.32 Å². The first-order chi connectivity index (χ1) is 19.8. The van der Waals surface area contributed by atoms with Gasteiger partial charge in [-0.15, -0.1) is 11.3 Å². The summed E-state index contributed by atoms with van der Waals surface area (Å²) < 4.78 is 11.2. The number of nitrogens with one attached hydrogen (secondary N) is 1. The van der Waals surface area contributed by atoms with Crippen LogP contribution in [0.1, 0.15) is 54.5 Å². The Kier molecular flexibility index (Phi) is 8.21. The van der Waals surface area contributed by atoms with Gasteiger partial charge in [0.15, 0.2) is 11.5 Å². The number of ketones is 1. The predicted molar refractivity (Wildman–Crippen MR) is 154 cm³/mol. The summed E-state index contributed by atoms with van der Waals surface area (Å²) in [6, 6.07) is 16.2. The molecule has 2 N–H and O–H groups in total. The Morgan fingerprint density at radius 1 is 1.17 bits per heavy atom. The Morgan fingerprint density at radius 3 is 2.63 bits per heavy atom. The molecule has 2 aromatic carbocycles. The molecule has 0 bridgehead atoms. The number of aromatic hydroxyl groups is 1. The third-order valence-corrected chi connectivity index (χ3v) is 8.40. The molecule has 0 saturated carbocycles. The number of ether oxygens (including phenoxy) is 2. The van der Waals surface area contributed by atoms with Gasteiger partial charge in [0.2, 0.25) is 5.75 Å². The minimum Gasteiger partial charge on any atom is -0.500 e. The molecular formula is C31H30N2O7S. The Bertz CT molecular complexity index is 1540. The lowest BCUT2D eigenvalue weighted by Gasteiger charge is -2.36. The summed E-state index contributed by atoms with van der Waals surface area (Å²) >= 11 is 1.59. The highest BCUT2D eigenvalue weighted by Gasteiger charge is 2.42. The molecule has 0 spiro atoms. The van der Waals surface area contributed by atoms with Crippen LogP contribution in [0.3, 0.4) is 0 Å². The zero-order valence-electron chi connectivity index (χ0n) is 22.7. The summed E-state index contributed by atoms with van der Waals surface area (Å²) in [5.74, 6) is -2.43. The molecule has 2 atom stereocenters. The maximum atomic E-state index is 13.8.